The molecule has 3 heteroatoms. The lowest BCUT2D eigenvalue weighted by atomic mass is 9.88. The predicted molar refractivity (Wildman–Crippen MR) is 106 cm³/mol. The summed E-state index contributed by atoms with van der Waals surface area (Å²) >= 11 is 6.17. The molecule has 0 bridgehead atoms. The van der Waals surface area contributed by atoms with Crippen molar-refractivity contribution < 1.29 is 0 Å². The maximum Gasteiger partial charge on any atom is 0.0816 e. The van der Waals surface area contributed by atoms with Crippen LogP contribution in [0.1, 0.15) is 38.8 Å². The molecule has 2 nitrogen and oxygen atoms in total. The maximum atomic E-state index is 6.17. The Balaban J connectivity index is 1.98. The molecule has 0 fully saturated rings. The highest BCUT2D eigenvalue weighted by atomic mass is 35.5. The first-order chi connectivity index (χ1) is 11.4. The van der Waals surface area contributed by atoms with Crippen molar-refractivity contribution in [1.29, 1.82) is 0 Å². The van der Waals surface area contributed by atoms with Gasteiger partial charge in [-0.3, -0.25) is 4.99 Å². The lowest BCUT2D eigenvalue weighted by molar-refractivity contribution is 0.566. The van der Waals surface area contributed by atoms with E-state index >= 15 is 0 Å². The zero-order chi connectivity index (χ0) is 17.3. The van der Waals surface area contributed by atoms with Crippen LogP contribution in [0.3, 0.4) is 0 Å². The molecule has 0 amide bonds. The molecule has 0 aromatic heterocycles. The van der Waals surface area contributed by atoms with Gasteiger partial charge in [-0.2, -0.15) is 0 Å². The minimum absolute atomic E-state index is 0.0407. The fourth-order valence-corrected chi connectivity index (χ4v) is 3.64. The van der Waals surface area contributed by atoms with Crippen LogP contribution in [-0.2, 0) is 0 Å². The predicted octanol–water partition coefficient (Wildman–Crippen LogP) is 6.11. The Kier molecular flexibility index (Phi) is 4.51. The minimum atomic E-state index is 0.0407. The molecular weight excluding hydrogens is 316 g/mol. The standard InChI is InChI=1S/C21H23ClN2/c1-5-24-20-11-10-16(12-17(20)15(2)13-21(24,3)4)14-23-19-9-7-6-8-18(19)22/h6-14H,5H2,1-4H3. The third-order valence-corrected chi connectivity index (χ3v) is 4.84. The van der Waals surface area contributed by atoms with Gasteiger partial charge in [0.2, 0.25) is 0 Å². The topological polar surface area (TPSA) is 15.6 Å². The summed E-state index contributed by atoms with van der Waals surface area (Å²) in [7, 11) is 0. The van der Waals surface area contributed by atoms with Crippen LogP contribution < -0.4 is 4.90 Å². The second kappa shape index (κ2) is 6.45. The second-order valence-corrected chi connectivity index (χ2v) is 7.12. The summed E-state index contributed by atoms with van der Waals surface area (Å²) in [6.07, 6.45) is 4.22. The lowest BCUT2D eigenvalue weighted by Gasteiger charge is -2.42. The summed E-state index contributed by atoms with van der Waals surface area (Å²) < 4.78 is 0. The average molecular weight is 339 g/mol. The third-order valence-electron chi connectivity index (χ3n) is 4.52. The van der Waals surface area contributed by atoms with Crippen LogP contribution >= 0.6 is 11.6 Å². The Morgan fingerprint density at radius 3 is 2.62 bits per heavy atom. The molecule has 24 heavy (non-hydrogen) atoms. The first-order valence-corrected chi connectivity index (χ1v) is 8.70. The van der Waals surface area contributed by atoms with E-state index in [0.717, 1.165) is 17.8 Å². The van der Waals surface area contributed by atoms with Gasteiger partial charge in [0.15, 0.2) is 0 Å². The number of likely N-dealkylation sites (N-methyl/N-ethyl adjacent to an activating group) is 1. The molecule has 0 spiro atoms. The van der Waals surface area contributed by atoms with Crippen LogP contribution in [0.4, 0.5) is 11.4 Å². The van der Waals surface area contributed by atoms with Crippen LogP contribution in [-0.4, -0.2) is 18.3 Å². The SMILES string of the molecule is CCN1c2ccc(C=Nc3ccccc3Cl)cc2C(C)=CC1(C)C. The van der Waals surface area contributed by atoms with E-state index in [-0.39, 0.29) is 5.54 Å². The maximum absolute atomic E-state index is 6.17. The highest BCUT2D eigenvalue weighted by Gasteiger charge is 2.29. The highest BCUT2D eigenvalue weighted by Crippen LogP contribution is 2.38. The Morgan fingerprint density at radius 1 is 1.17 bits per heavy atom. The van der Waals surface area contributed by atoms with Gasteiger partial charge in [0, 0.05) is 24.0 Å². The summed E-state index contributed by atoms with van der Waals surface area (Å²) in [6.45, 7) is 9.89. The fraction of sp³-hybridized carbons (Fsp3) is 0.286. The molecule has 0 unspecified atom stereocenters. The van der Waals surface area contributed by atoms with Gasteiger partial charge in [-0.1, -0.05) is 35.9 Å². The molecule has 3 rings (SSSR count). The van der Waals surface area contributed by atoms with E-state index in [1.165, 1.54) is 16.8 Å². The van der Waals surface area contributed by atoms with Crippen LogP contribution in [0.15, 0.2) is 53.5 Å². The van der Waals surface area contributed by atoms with Gasteiger partial charge in [0.1, 0.15) is 0 Å². The monoisotopic (exact) mass is 338 g/mol. The van der Waals surface area contributed by atoms with Gasteiger partial charge in [-0.25, -0.2) is 0 Å². The second-order valence-electron chi connectivity index (χ2n) is 6.71. The molecular formula is C21H23ClN2. The van der Waals surface area contributed by atoms with Gasteiger partial charge < -0.3 is 4.90 Å². The summed E-state index contributed by atoms with van der Waals surface area (Å²) in [5.41, 5.74) is 5.79. The third kappa shape index (κ3) is 3.11. The Morgan fingerprint density at radius 2 is 1.92 bits per heavy atom. The van der Waals surface area contributed by atoms with E-state index in [1.807, 2.05) is 30.5 Å². The van der Waals surface area contributed by atoms with E-state index in [9.17, 15) is 0 Å². The highest BCUT2D eigenvalue weighted by molar-refractivity contribution is 6.33. The summed E-state index contributed by atoms with van der Waals surface area (Å²) in [5, 5.41) is 0.668. The number of halogens is 1. The first kappa shape index (κ1) is 16.8. The summed E-state index contributed by atoms with van der Waals surface area (Å²) in [5.74, 6) is 0. The number of hydrogen-bond acceptors (Lipinski definition) is 2. The molecule has 0 saturated carbocycles. The quantitative estimate of drug-likeness (QED) is 0.616. The van der Waals surface area contributed by atoms with Crippen LogP contribution in [0, 0.1) is 0 Å². The van der Waals surface area contributed by atoms with E-state index in [1.54, 1.807) is 0 Å². The Bertz CT molecular complexity index is 818. The number of nitrogens with zero attached hydrogens (tertiary/aromatic N) is 2. The normalized spacial score (nSPS) is 16.2. The van der Waals surface area contributed by atoms with Gasteiger partial charge >= 0.3 is 0 Å². The molecule has 2 aromatic carbocycles. The van der Waals surface area contributed by atoms with Crippen LogP contribution in [0.5, 0.6) is 0 Å². The van der Waals surface area contributed by atoms with Gasteiger partial charge in [0.05, 0.1) is 16.2 Å². The van der Waals surface area contributed by atoms with Crippen molar-refractivity contribution in [1.82, 2.24) is 0 Å². The van der Waals surface area contributed by atoms with Crippen molar-refractivity contribution in [3.8, 4) is 0 Å². The molecule has 1 aliphatic heterocycles. The number of rotatable bonds is 3. The largest absolute Gasteiger partial charge is 0.363 e. The summed E-state index contributed by atoms with van der Waals surface area (Å²) in [4.78, 5) is 6.96. The van der Waals surface area contributed by atoms with Crippen molar-refractivity contribution in [2.24, 2.45) is 4.99 Å². The smallest absolute Gasteiger partial charge is 0.0816 e. The molecule has 0 radical (unpaired) electrons. The van der Waals surface area contributed by atoms with E-state index in [0.29, 0.717) is 5.02 Å². The van der Waals surface area contributed by atoms with Crippen molar-refractivity contribution >= 4 is 34.8 Å². The molecule has 0 saturated heterocycles. The number of para-hydroxylation sites is 1. The molecule has 1 aliphatic rings. The molecule has 1 heterocycles. The van der Waals surface area contributed by atoms with E-state index in [2.05, 4.69) is 61.9 Å². The molecule has 124 valence electrons. The zero-order valence-corrected chi connectivity index (χ0v) is 15.4. The Hall–Kier alpha value is -2.06. The first-order valence-electron chi connectivity index (χ1n) is 8.32. The van der Waals surface area contributed by atoms with Crippen LogP contribution in [0.25, 0.3) is 5.57 Å². The molecule has 0 N–H and O–H groups in total. The number of fused-ring (bicyclic) bond motifs is 1. The van der Waals surface area contributed by atoms with E-state index in [4.69, 9.17) is 11.6 Å². The van der Waals surface area contributed by atoms with Crippen molar-refractivity contribution in [3.63, 3.8) is 0 Å². The minimum Gasteiger partial charge on any atom is -0.363 e. The number of allylic oxidation sites excluding steroid dienone is 1. The van der Waals surface area contributed by atoms with Crippen molar-refractivity contribution in [3.05, 3.63) is 64.7 Å². The van der Waals surface area contributed by atoms with Crippen molar-refractivity contribution in [2.75, 3.05) is 11.4 Å². The van der Waals surface area contributed by atoms with Crippen molar-refractivity contribution in [2.45, 2.75) is 33.2 Å². The average Bonchev–Trinajstić information content (AvgIpc) is 2.54. The number of benzene rings is 2. The molecule has 2 aromatic rings. The van der Waals surface area contributed by atoms with E-state index < -0.39 is 0 Å². The lowest BCUT2D eigenvalue weighted by Crippen LogP contribution is -2.44. The number of anilines is 1. The Labute approximate surface area is 149 Å². The van der Waals surface area contributed by atoms with Crippen LogP contribution in [0.2, 0.25) is 5.02 Å². The summed E-state index contributed by atoms with van der Waals surface area (Å²) in [6, 6.07) is 14.2. The fourth-order valence-electron chi connectivity index (χ4n) is 3.46. The van der Waals surface area contributed by atoms with Gasteiger partial charge in [-0.05, 0) is 63.1 Å². The number of hydrogen-bond donors (Lipinski definition) is 0. The molecule has 0 atom stereocenters. The molecule has 0 aliphatic carbocycles. The van der Waals surface area contributed by atoms with Gasteiger partial charge in [0.25, 0.3) is 0 Å². The van der Waals surface area contributed by atoms with Gasteiger partial charge in [-0.15, -0.1) is 0 Å². The zero-order valence-electron chi connectivity index (χ0n) is 14.7. The number of aliphatic imine (C=N–C) groups is 1.